The lowest BCUT2D eigenvalue weighted by Crippen LogP contribution is -2.10. The Balaban J connectivity index is 2.18. The molecule has 0 aliphatic carbocycles. The molecule has 2 aromatic rings. The third-order valence-electron chi connectivity index (χ3n) is 3.35. The normalized spacial score (nSPS) is 14.5. The van der Waals surface area contributed by atoms with Crippen LogP contribution in [0.5, 0.6) is 5.75 Å². The van der Waals surface area contributed by atoms with Gasteiger partial charge in [0.05, 0.1) is 15.7 Å². The second kappa shape index (κ2) is 4.69. The van der Waals surface area contributed by atoms with Crippen LogP contribution in [0.2, 0.25) is 10.0 Å². The van der Waals surface area contributed by atoms with Gasteiger partial charge in [0, 0.05) is 12.1 Å². The van der Waals surface area contributed by atoms with Crippen LogP contribution in [0.1, 0.15) is 18.5 Å². The zero-order valence-electron chi connectivity index (χ0n) is 9.96. The van der Waals surface area contributed by atoms with E-state index in [0.29, 0.717) is 10.7 Å². The standard InChI is InChI=1S/C13H11Cl2FN2O/c14-8-5-4-7(11(16)13(8)19)12-10(15)9-3-1-2-6-18(9)17-12/h4-5,19H,1-3,6H2. The largest absolute Gasteiger partial charge is 0.504 e. The number of aromatic hydroxyl groups is 1. The molecule has 0 bridgehead atoms. The molecule has 0 radical (unpaired) electrons. The second-order valence-corrected chi connectivity index (χ2v) is 5.33. The Kier molecular flexibility index (Phi) is 3.15. The van der Waals surface area contributed by atoms with Gasteiger partial charge in [0.15, 0.2) is 11.6 Å². The van der Waals surface area contributed by atoms with Crippen molar-refractivity contribution in [1.29, 1.82) is 0 Å². The maximum absolute atomic E-state index is 14.1. The third-order valence-corrected chi connectivity index (χ3v) is 4.05. The highest BCUT2D eigenvalue weighted by molar-refractivity contribution is 6.34. The van der Waals surface area contributed by atoms with Crippen LogP contribution in [0, 0.1) is 5.82 Å². The van der Waals surface area contributed by atoms with Crippen LogP contribution < -0.4 is 0 Å². The molecule has 100 valence electrons. The van der Waals surface area contributed by atoms with E-state index in [-0.39, 0.29) is 10.6 Å². The first-order valence-electron chi connectivity index (χ1n) is 6.02. The average molecular weight is 301 g/mol. The van der Waals surface area contributed by atoms with Gasteiger partial charge in [0.2, 0.25) is 0 Å². The Labute approximate surface area is 119 Å². The SMILES string of the molecule is Oc1c(Cl)ccc(-c2nn3c(c2Cl)CCCC3)c1F. The smallest absolute Gasteiger partial charge is 0.175 e. The summed E-state index contributed by atoms with van der Waals surface area (Å²) >= 11 is 11.9. The molecule has 1 N–H and O–H groups in total. The van der Waals surface area contributed by atoms with E-state index in [1.807, 2.05) is 4.68 Å². The molecule has 3 nitrogen and oxygen atoms in total. The fourth-order valence-electron chi connectivity index (χ4n) is 2.35. The molecule has 0 fully saturated rings. The molecular formula is C13H11Cl2FN2O. The predicted octanol–water partition coefficient (Wildman–Crippen LogP) is 4.04. The molecule has 1 aliphatic heterocycles. The summed E-state index contributed by atoms with van der Waals surface area (Å²) in [6.07, 6.45) is 2.94. The molecule has 0 atom stereocenters. The molecule has 0 amide bonds. The van der Waals surface area contributed by atoms with E-state index in [1.54, 1.807) is 0 Å². The van der Waals surface area contributed by atoms with E-state index in [0.717, 1.165) is 31.5 Å². The van der Waals surface area contributed by atoms with Crippen LogP contribution in [0.3, 0.4) is 0 Å². The van der Waals surface area contributed by atoms with Gasteiger partial charge in [-0.3, -0.25) is 4.68 Å². The lowest BCUT2D eigenvalue weighted by atomic mass is 10.1. The van der Waals surface area contributed by atoms with Crippen molar-refractivity contribution in [3.63, 3.8) is 0 Å². The van der Waals surface area contributed by atoms with Gasteiger partial charge in [0.1, 0.15) is 5.69 Å². The number of halogens is 3. The van der Waals surface area contributed by atoms with Crippen molar-refractivity contribution in [2.75, 3.05) is 0 Å². The van der Waals surface area contributed by atoms with Gasteiger partial charge in [-0.05, 0) is 31.4 Å². The van der Waals surface area contributed by atoms with Crippen molar-refractivity contribution in [3.05, 3.63) is 33.7 Å². The van der Waals surface area contributed by atoms with Gasteiger partial charge in [-0.1, -0.05) is 23.2 Å². The zero-order valence-corrected chi connectivity index (χ0v) is 11.5. The lowest BCUT2D eigenvalue weighted by molar-refractivity contribution is 0.433. The van der Waals surface area contributed by atoms with Crippen molar-refractivity contribution in [2.45, 2.75) is 25.8 Å². The van der Waals surface area contributed by atoms with Gasteiger partial charge in [-0.15, -0.1) is 0 Å². The molecule has 0 spiro atoms. The van der Waals surface area contributed by atoms with Crippen LogP contribution in [0.25, 0.3) is 11.3 Å². The van der Waals surface area contributed by atoms with Crippen molar-refractivity contribution < 1.29 is 9.50 Å². The zero-order chi connectivity index (χ0) is 13.6. The summed E-state index contributed by atoms with van der Waals surface area (Å²) in [6, 6.07) is 2.92. The van der Waals surface area contributed by atoms with E-state index in [1.165, 1.54) is 12.1 Å². The van der Waals surface area contributed by atoms with Gasteiger partial charge >= 0.3 is 0 Å². The van der Waals surface area contributed by atoms with E-state index in [9.17, 15) is 9.50 Å². The molecule has 0 saturated heterocycles. The maximum atomic E-state index is 14.1. The number of benzene rings is 1. The van der Waals surface area contributed by atoms with Crippen molar-refractivity contribution >= 4 is 23.2 Å². The van der Waals surface area contributed by atoms with Gasteiger partial charge in [-0.2, -0.15) is 5.10 Å². The first kappa shape index (κ1) is 12.8. The fraction of sp³-hybridized carbons (Fsp3) is 0.308. The Morgan fingerprint density at radius 3 is 2.79 bits per heavy atom. The molecular weight excluding hydrogens is 290 g/mol. The van der Waals surface area contributed by atoms with E-state index in [2.05, 4.69) is 5.10 Å². The number of hydrogen-bond acceptors (Lipinski definition) is 2. The van der Waals surface area contributed by atoms with E-state index in [4.69, 9.17) is 23.2 Å². The summed E-state index contributed by atoms with van der Waals surface area (Å²) in [4.78, 5) is 0. The number of fused-ring (bicyclic) bond motifs is 1. The quantitative estimate of drug-likeness (QED) is 0.863. The lowest BCUT2D eigenvalue weighted by Gasteiger charge is -2.12. The molecule has 2 heterocycles. The Morgan fingerprint density at radius 1 is 1.26 bits per heavy atom. The minimum atomic E-state index is -0.787. The summed E-state index contributed by atoms with van der Waals surface area (Å²) in [5, 5.41) is 14.3. The molecule has 0 unspecified atom stereocenters. The first-order valence-corrected chi connectivity index (χ1v) is 6.77. The van der Waals surface area contributed by atoms with E-state index < -0.39 is 11.6 Å². The molecule has 1 aromatic carbocycles. The number of hydrogen-bond donors (Lipinski definition) is 1. The number of aryl methyl sites for hydroxylation is 1. The maximum Gasteiger partial charge on any atom is 0.175 e. The summed E-state index contributed by atoms with van der Waals surface area (Å²) in [7, 11) is 0. The highest BCUT2D eigenvalue weighted by Gasteiger charge is 2.23. The van der Waals surface area contributed by atoms with Crippen LogP contribution in [0.15, 0.2) is 12.1 Å². The molecule has 0 saturated carbocycles. The van der Waals surface area contributed by atoms with Crippen molar-refractivity contribution in [2.24, 2.45) is 0 Å². The summed E-state index contributed by atoms with van der Waals surface area (Å²) in [5.41, 5.74) is 1.47. The molecule has 1 aliphatic rings. The van der Waals surface area contributed by atoms with Crippen LogP contribution in [-0.4, -0.2) is 14.9 Å². The highest BCUT2D eigenvalue weighted by atomic mass is 35.5. The Bertz CT molecular complexity index is 655. The summed E-state index contributed by atoms with van der Waals surface area (Å²) < 4.78 is 15.9. The molecule has 1 aromatic heterocycles. The number of rotatable bonds is 1. The number of phenolic OH excluding ortho intramolecular Hbond substituents is 1. The molecule has 6 heteroatoms. The highest BCUT2D eigenvalue weighted by Crippen LogP contribution is 2.38. The minimum absolute atomic E-state index is 0.0265. The number of nitrogens with zero attached hydrogens (tertiary/aromatic N) is 2. The second-order valence-electron chi connectivity index (χ2n) is 4.55. The average Bonchev–Trinajstić information content (AvgIpc) is 2.74. The monoisotopic (exact) mass is 300 g/mol. The number of phenols is 1. The minimum Gasteiger partial charge on any atom is -0.504 e. The fourth-order valence-corrected chi connectivity index (χ4v) is 2.83. The number of aromatic nitrogens is 2. The predicted molar refractivity (Wildman–Crippen MR) is 72.2 cm³/mol. The van der Waals surface area contributed by atoms with Crippen molar-refractivity contribution in [3.8, 4) is 17.0 Å². The van der Waals surface area contributed by atoms with Crippen LogP contribution in [0.4, 0.5) is 4.39 Å². The van der Waals surface area contributed by atoms with Crippen molar-refractivity contribution in [1.82, 2.24) is 9.78 Å². The summed E-state index contributed by atoms with van der Waals surface area (Å²) in [6.45, 7) is 0.788. The topological polar surface area (TPSA) is 38.1 Å². The third kappa shape index (κ3) is 1.99. The van der Waals surface area contributed by atoms with Gasteiger partial charge in [-0.25, -0.2) is 4.39 Å². The van der Waals surface area contributed by atoms with Crippen LogP contribution in [-0.2, 0) is 13.0 Å². The van der Waals surface area contributed by atoms with Crippen LogP contribution >= 0.6 is 23.2 Å². The Morgan fingerprint density at radius 2 is 2.05 bits per heavy atom. The first-order chi connectivity index (χ1) is 9.09. The van der Waals surface area contributed by atoms with Gasteiger partial charge < -0.3 is 5.11 Å². The summed E-state index contributed by atoms with van der Waals surface area (Å²) in [5.74, 6) is -1.36. The molecule has 3 rings (SSSR count). The van der Waals surface area contributed by atoms with Gasteiger partial charge in [0.25, 0.3) is 0 Å². The Hall–Kier alpha value is -1.26. The van der Waals surface area contributed by atoms with E-state index >= 15 is 0 Å². The molecule has 19 heavy (non-hydrogen) atoms.